The van der Waals surface area contributed by atoms with Crippen LogP contribution in [-0.2, 0) is 13.0 Å². The van der Waals surface area contributed by atoms with Crippen LogP contribution in [0.25, 0.3) is 0 Å². The van der Waals surface area contributed by atoms with Crippen molar-refractivity contribution in [3.63, 3.8) is 0 Å². The molecule has 1 aromatic heterocycles. The summed E-state index contributed by atoms with van der Waals surface area (Å²) in [6.45, 7) is 5.66. The molecule has 2 heterocycles. The SMILES string of the molecule is CCNC(=NCCOc1cccnc1)N1CCc2cc(OC)c(OC)cc2C1.I. The number of guanidine groups is 1. The zero-order valence-corrected chi connectivity index (χ0v) is 19.5. The Kier molecular flexibility index (Phi) is 9.30. The molecule has 1 aliphatic rings. The van der Waals surface area contributed by atoms with Gasteiger partial charge in [-0.2, -0.15) is 0 Å². The van der Waals surface area contributed by atoms with Crippen molar-refractivity contribution in [1.82, 2.24) is 15.2 Å². The molecule has 0 aliphatic carbocycles. The lowest BCUT2D eigenvalue weighted by molar-refractivity contribution is 0.323. The molecule has 3 rings (SSSR count). The molecule has 0 spiro atoms. The largest absolute Gasteiger partial charge is 0.493 e. The van der Waals surface area contributed by atoms with E-state index in [0.29, 0.717) is 13.2 Å². The van der Waals surface area contributed by atoms with E-state index in [0.717, 1.165) is 49.3 Å². The number of aliphatic imine (C=N–C) groups is 1. The molecule has 0 amide bonds. The highest BCUT2D eigenvalue weighted by molar-refractivity contribution is 14.0. The molecule has 0 unspecified atom stereocenters. The summed E-state index contributed by atoms with van der Waals surface area (Å²) in [5, 5.41) is 3.39. The standard InChI is InChI=1S/C21H28N4O3.HI/c1-4-23-21(24-9-11-28-18-6-5-8-22-14-18)25-10-7-16-12-19(26-2)20(27-3)13-17(16)15-25;/h5-6,8,12-14H,4,7,9-11,15H2,1-3H3,(H,23,24);1H. The summed E-state index contributed by atoms with van der Waals surface area (Å²) in [7, 11) is 3.33. The van der Waals surface area contributed by atoms with E-state index in [4.69, 9.17) is 19.2 Å². The Labute approximate surface area is 189 Å². The number of nitrogens with one attached hydrogen (secondary N) is 1. The van der Waals surface area contributed by atoms with E-state index in [-0.39, 0.29) is 24.0 Å². The highest BCUT2D eigenvalue weighted by atomic mass is 127. The molecule has 0 fully saturated rings. The number of methoxy groups -OCH3 is 2. The van der Waals surface area contributed by atoms with Crippen LogP contribution in [0.5, 0.6) is 17.2 Å². The average Bonchev–Trinajstić information content (AvgIpc) is 2.75. The molecule has 0 radical (unpaired) electrons. The van der Waals surface area contributed by atoms with E-state index in [1.165, 1.54) is 11.1 Å². The minimum absolute atomic E-state index is 0. The maximum absolute atomic E-state index is 5.69. The highest BCUT2D eigenvalue weighted by Gasteiger charge is 2.21. The predicted molar refractivity (Wildman–Crippen MR) is 125 cm³/mol. The molecule has 1 aliphatic heterocycles. The lowest BCUT2D eigenvalue weighted by atomic mass is 9.99. The molecule has 1 N–H and O–H groups in total. The van der Waals surface area contributed by atoms with Crippen molar-refractivity contribution in [2.75, 3.05) is 40.5 Å². The minimum Gasteiger partial charge on any atom is -0.493 e. The molecule has 7 nitrogen and oxygen atoms in total. The predicted octanol–water partition coefficient (Wildman–Crippen LogP) is 3.12. The molecular formula is C21H29IN4O3. The van der Waals surface area contributed by atoms with Gasteiger partial charge in [0.1, 0.15) is 12.4 Å². The summed E-state index contributed by atoms with van der Waals surface area (Å²) in [6.07, 6.45) is 4.37. The zero-order valence-electron chi connectivity index (χ0n) is 17.2. The number of rotatable bonds is 7. The summed E-state index contributed by atoms with van der Waals surface area (Å²) >= 11 is 0. The normalized spacial score (nSPS) is 13.2. The first-order valence-corrected chi connectivity index (χ1v) is 9.55. The van der Waals surface area contributed by atoms with Gasteiger partial charge >= 0.3 is 0 Å². The summed E-state index contributed by atoms with van der Waals surface area (Å²) < 4.78 is 16.6. The quantitative estimate of drug-likeness (QED) is 0.266. The van der Waals surface area contributed by atoms with E-state index in [2.05, 4.69) is 34.3 Å². The number of hydrogen-bond donors (Lipinski definition) is 1. The molecule has 0 bridgehead atoms. The van der Waals surface area contributed by atoms with E-state index in [9.17, 15) is 0 Å². The second-order valence-electron chi connectivity index (χ2n) is 6.42. The van der Waals surface area contributed by atoms with Crippen LogP contribution in [0, 0.1) is 0 Å². The van der Waals surface area contributed by atoms with E-state index >= 15 is 0 Å². The van der Waals surface area contributed by atoms with Crippen molar-refractivity contribution in [2.45, 2.75) is 19.9 Å². The van der Waals surface area contributed by atoms with Gasteiger partial charge in [-0.25, -0.2) is 4.99 Å². The van der Waals surface area contributed by atoms with Gasteiger partial charge in [0, 0.05) is 25.8 Å². The second-order valence-corrected chi connectivity index (χ2v) is 6.42. The van der Waals surface area contributed by atoms with Crippen LogP contribution in [0.4, 0.5) is 0 Å². The Morgan fingerprint density at radius 3 is 2.62 bits per heavy atom. The number of aromatic nitrogens is 1. The molecule has 2 aromatic rings. The average molecular weight is 512 g/mol. The minimum atomic E-state index is 0. The maximum atomic E-state index is 5.69. The Morgan fingerprint density at radius 1 is 1.21 bits per heavy atom. The Bertz CT molecular complexity index is 802. The number of benzene rings is 1. The molecular weight excluding hydrogens is 483 g/mol. The van der Waals surface area contributed by atoms with Gasteiger partial charge in [0.25, 0.3) is 0 Å². The summed E-state index contributed by atoms with van der Waals surface area (Å²) in [4.78, 5) is 11.0. The number of halogens is 1. The Balaban J connectivity index is 0.00000300. The molecule has 158 valence electrons. The fourth-order valence-corrected chi connectivity index (χ4v) is 3.24. The monoisotopic (exact) mass is 512 g/mol. The molecule has 0 saturated heterocycles. The van der Waals surface area contributed by atoms with Crippen LogP contribution in [0.2, 0.25) is 0 Å². The topological polar surface area (TPSA) is 68.2 Å². The van der Waals surface area contributed by atoms with Gasteiger partial charge in [0.15, 0.2) is 17.5 Å². The van der Waals surface area contributed by atoms with Crippen molar-refractivity contribution in [3.05, 3.63) is 47.8 Å². The highest BCUT2D eigenvalue weighted by Crippen LogP contribution is 2.33. The summed E-state index contributed by atoms with van der Waals surface area (Å²) in [5.41, 5.74) is 2.53. The molecule has 0 atom stereocenters. The van der Waals surface area contributed by atoms with Crippen molar-refractivity contribution in [3.8, 4) is 17.2 Å². The lowest BCUT2D eigenvalue weighted by Crippen LogP contribution is -2.44. The van der Waals surface area contributed by atoms with Crippen LogP contribution in [0.15, 0.2) is 41.7 Å². The number of nitrogens with zero attached hydrogens (tertiary/aromatic N) is 3. The number of pyridine rings is 1. The van der Waals surface area contributed by atoms with Crippen LogP contribution in [0.3, 0.4) is 0 Å². The van der Waals surface area contributed by atoms with Crippen molar-refractivity contribution in [1.29, 1.82) is 0 Å². The molecule has 8 heteroatoms. The third-order valence-electron chi connectivity index (χ3n) is 4.61. The molecule has 0 saturated carbocycles. The van der Waals surface area contributed by atoms with Gasteiger partial charge in [-0.15, -0.1) is 24.0 Å². The van der Waals surface area contributed by atoms with Crippen LogP contribution in [0.1, 0.15) is 18.1 Å². The third-order valence-corrected chi connectivity index (χ3v) is 4.61. The Hall–Kier alpha value is -2.23. The van der Waals surface area contributed by atoms with Crippen LogP contribution in [-0.4, -0.2) is 56.3 Å². The lowest BCUT2D eigenvalue weighted by Gasteiger charge is -2.32. The van der Waals surface area contributed by atoms with Gasteiger partial charge in [-0.1, -0.05) is 0 Å². The number of ether oxygens (including phenoxy) is 3. The first-order valence-electron chi connectivity index (χ1n) is 9.55. The zero-order chi connectivity index (χ0) is 19.8. The van der Waals surface area contributed by atoms with Crippen LogP contribution >= 0.6 is 24.0 Å². The smallest absolute Gasteiger partial charge is 0.194 e. The van der Waals surface area contributed by atoms with Gasteiger partial charge in [0.2, 0.25) is 0 Å². The first kappa shape index (κ1) is 23.1. The van der Waals surface area contributed by atoms with E-state index < -0.39 is 0 Å². The second kappa shape index (κ2) is 11.7. The number of hydrogen-bond acceptors (Lipinski definition) is 5. The third kappa shape index (κ3) is 6.12. The summed E-state index contributed by atoms with van der Waals surface area (Å²) in [5.74, 6) is 3.20. The van der Waals surface area contributed by atoms with E-state index in [1.54, 1.807) is 26.6 Å². The van der Waals surface area contributed by atoms with Crippen LogP contribution < -0.4 is 19.5 Å². The fraction of sp³-hybridized carbons (Fsp3) is 0.429. The molecule has 1 aromatic carbocycles. The van der Waals surface area contributed by atoms with Gasteiger partial charge in [0.05, 0.1) is 27.0 Å². The Morgan fingerprint density at radius 2 is 1.97 bits per heavy atom. The van der Waals surface area contributed by atoms with Crippen molar-refractivity contribution in [2.24, 2.45) is 4.99 Å². The van der Waals surface area contributed by atoms with Gasteiger partial charge in [-0.05, 0) is 48.7 Å². The molecule has 29 heavy (non-hydrogen) atoms. The number of fused-ring (bicyclic) bond motifs is 1. The summed E-state index contributed by atoms with van der Waals surface area (Å²) in [6, 6.07) is 7.90. The fourth-order valence-electron chi connectivity index (χ4n) is 3.24. The van der Waals surface area contributed by atoms with Gasteiger partial charge < -0.3 is 24.4 Å². The van der Waals surface area contributed by atoms with E-state index in [1.807, 2.05) is 12.1 Å². The first-order chi connectivity index (χ1) is 13.7. The van der Waals surface area contributed by atoms with Crippen molar-refractivity contribution >= 4 is 29.9 Å². The van der Waals surface area contributed by atoms with Crippen molar-refractivity contribution < 1.29 is 14.2 Å². The van der Waals surface area contributed by atoms with Gasteiger partial charge in [-0.3, -0.25) is 4.98 Å². The maximum Gasteiger partial charge on any atom is 0.194 e.